The molecule has 0 saturated carbocycles. The Hall–Kier alpha value is -2.01. The summed E-state index contributed by atoms with van der Waals surface area (Å²) in [4.78, 5) is 0. The van der Waals surface area contributed by atoms with Gasteiger partial charge in [-0.2, -0.15) is 9.78 Å². The topological polar surface area (TPSA) is 73.3 Å². The molecule has 0 aliphatic heterocycles. The van der Waals surface area contributed by atoms with Crippen molar-refractivity contribution in [3.05, 3.63) is 35.5 Å². The third kappa shape index (κ3) is 1.93. The van der Waals surface area contributed by atoms with Crippen LogP contribution in [-0.4, -0.2) is 22.0 Å². The molecule has 2 rings (SSSR count). The third-order valence-electron chi connectivity index (χ3n) is 2.86. The molecule has 0 amide bonds. The number of benzene rings is 1. The summed E-state index contributed by atoms with van der Waals surface area (Å²) in [5.41, 5.74) is 8.09. The number of nitrogens with two attached hydrogens (primary N) is 1. The summed E-state index contributed by atoms with van der Waals surface area (Å²) in [6, 6.07) is 7.00. The average Bonchev–Trinajstić information content (AvgIpc) is 2.76. The van der Waals surface area contributed by atoms with E-state index in [1.807, 2.05) is 13.0 Å². The monoisotopic (exact) mass is 247 g/mol. The lowest BCUT2D eigenvalue weighted by Gasteiger charge is -2.08. The Morgan fingerprint density at radius 3 is 2.67 bits per heavy atom. The van der Waals surface area contributed by atoms with Gasteiger partial charge >= 0.3 is 0 Å². The second-order valence-electron chi connectivity index (χ2n) is 3.89. The minimum Gasteiger partial charge on any atom is -0.506 e. The maximum atomic E-state index is 9.88. The van der Waals surface area contributed by atoms with Gasteiger partial charge in [-0.15, -0.1) is 0 Å². The van der Waals surface area contributed by atoms with Gasteiger partial charge in [-0.05, 0) is 18.6 Å². The molecule has 0 atom stereocenters. The molecule has 1 heterocycles. The van der Waals surface area contributed by atoms with Crippen LogP contribution in [0, 0.1) is 0 Å². The minimum atomic E-state index is 0.157. The molecule has 0 aliphatic carbocycles. The number of aryl methyl sites for hydroxylation is 1. The molecule has 0 fully saturated rings. The molecule has 1 aromatic carbocycles. The normalized spacial score (nSPS) is 10.6. The molecule has 5 nitrogen and oxygen atoms in total. The highest BCUT2D eigenvalue weighted by atomic mass is 16.5. The van der Waals surface area contributed by atoms with Crippen molar-refractivity contribution < 1.29 is 9.84 Å². The Balaban J connectivity index is 2.64. The molecule has 0 aliphatic rings. The van der Waals surface area contributed by atoms with Crippen molar-refractivity contribution in [3.8, 4) is 17.3 Å². The van der Waals surface area contributed by atoms with Crippen LogP contribution in [0.15, 0.2) is 24.3 Å². The van der Waals surface area contributed by atoms with Crippen molar-refractivity contribution in [2.45, 2.75) is 19.9 Å². The fraction of sp³-hybridized carbons (Fsp3) is 0.308. The number of nitrogens with zero attached hydrogens (tertiary/aromatic N) is 2. The molecule has 96 valence electrons. The lowest BCUT2D eigenvalue weighted by molar-refractivity contribution is 0.376. The number of methoxy groups -OCH3 is 1. The van der Waals surface area contributed by atoms with Gasteiger partial charge in [0.2, 0.25) is 5.88 Å². The van der Waals surface area contributed by atoms with Crippen LogP contribution in [0.25, 0.3) is 5.69 Å². The second kappa shape index (κ2) is 5.10. The zero-order valence-corrected chi connectivity index (χ0v) is 10.6. The van der Waals surface area contributed by atoms with E-state index >= 15 is 0 Å². The van der Waals surface area contributed by atoms with Gasteiger partial charge in [0.1, 0.15) is 11.4 Å². The molecular formula is C13H17N3O2. The smallest absolute Gasteiger partial charge is 0.221 e. The van der Waals surface area contributed by atoms with Gasteiger partial charge in [-0.25, -0.2) is 0 Å². The van der Waals surface area contributed by atoms with Gasteiger partial charge in [0.15, 0.2) is 0 Å². The van der Waals surface area contributed by atoms with Crippen LogP contribution in [-0.2, 0) is 13.0 Å². The van der Waals surface area contributed by atoms with Gasteiger partial charge in [0.05, 0.1) is 18.4 Å². The predicted octanol–water partition coefficient (Wildman–Crippen LogP) is 1.61. The van der Waals surface area contributed by atoms with Gasteiger partial charge in [-0.1, -0.05) is 19.1 Å². The van der Waals surface area contributed by atoms with Gasteiger partial charge in [-0.3, -0.25) is 0 Å². The molecule has 1 aromatic heterocycles. The molecule has 0 radical (unpaired) electrons. The Kier molecular flexibility index (Phi) is 3.53. The molecule has 0 saturated heterocycles. The number of aromatic nitrogens is 2. The quantitative estimate of drug-likeness (QED) is 0.860. The molecule has 2 aromatic rings. The van der Waals surface area contributed by atoms with E-state index in [4.69, 9.17) is 10.5 Å². The lowest BCUT2D eigenvalue weighted by Crippen LogP contribution is -2.03. The number of hydrogen-bond acceptors (Lipinski definition) is 4. The summed E-state index contributed by atoms with van der Waals surface area (Å²) < 4.78 is 6.96. The van der Waals surface area contributed by atoms with Crippen molar-refractivity contribution in [3.63, 3.8) is 0 Å². The Morgan fingerprint density at radius 1 is 1.39 bits per heavy atom. The van der Waals surface area contributed by atoms with Crippen molar-refractivity contribution >= 4 is 0 Å². The zero-order chi connectivity index (χ0) is 13.1. The number of rotatable bonds is 4. The summed E-state index contributed by atoms with van der Waals surface area (Å²) in [6.07, 6.45) is 0.767. The SMILES string of the molecule is CCc1nn(-c2ccccc2O)c(OC)c1CN. The summed E-state index contributed by atoms with van der Waals surface area (Å²) in [7, 11) is 1.58. The zero-order valence-electron chi connectivity index (χ0n) is 10.6. The van der Waals surface area contributed by atoms with Crippen LogP contribution in [0.1, 0.15) is 18.2 Å². The number of hydrogen-bond donors (Lipinski definition) is 2. The first kappa shape index (κ1) is 12.4. The third-order valence-corrected chi connectivity index (χ3v) is 2.86. The number of phenols is 1. The summed E-state index contributed by atoms with van der Waals surface area (Å²) in [6.45, 7) is 2.37. The number of ether oxygens (including phenoxy) is 1. The minimum absolute atomic E-state index is 0.157. The molecule has 5 heteroatoms. The van der Waals surface area contributed by atoms with Crippen molar-refractivity contribution in [2.24, 2.45) is 5.73 Å². The first-order valence-corrected chi connectivity index (χ1v) is 5.86. The highest BCUT2D eigenvalue weighted by Crippen LogP contribution is 2.29. The first-order valence-electron chi connectivity index (χ1n) is 5.86. The van der Waals surface area contributed by atoms with E-state index < -0.39 is 0 Å². The second-order valence-corrected chi connectivity index (χ2v) is 3.89. The maximum Gasteiger partial charge on any atom is 0.221 e. The van der Waals surface area contributed by atoms with E-state index in [1.165, 1.54) is 0 Å². The highest BCUT2D eigenvalue weighted by molar-refractivity contribution is 5.49. The van der Waals surface area contributed by atoms with Crippen molar-refractivity contribution in [2.75, 3.05) is 7.11 Å². The predicted molar refractivity (Wildman–Crippen MR) is 69.1 cm³/mol. The van der Waals surface area contributed by atoms with Crippen LogP contribution < -0.4 is 10.5 Å². The van der Waals surface area contributed by atoms with Gasteiger partial charge < -0.3 is 15.6 Å². The van der Waals surface area contributed by atoms with Crippen molar-refractivity contribution in [1.29, 1.82) is 0 Å². The maximum absolute atomic E-state index is 9.88. The van der Waals surface area contributed by atoms with E-state index in [0.29, 0.717) is 18.1 Å². The number of para-hydroxylation sites is 2. The molecule has 0 bridgehead atoms. The van der Waals surface area contributed by atoms with Gasteiger partial charge in [0, 0.05) is 6.54 Å². The standard InChI is InChI=1S/C13H17N3O2/c1-3-10-9(8-14)13(18-2)16(15-10)11-6-4-5-7-12(11)17/h4-7,17H,3,8,14H2,1-2H3. The summed E-state index contributed by atoms with van der Waals surface area (Å²) in [5.74, 6) is 0.736. The Bertz CT molecular complexity index is 549. The van der Waals surface area contributed by atoms with Crippen LogP contribution >= 0.6 is 0 Å². The molecule has 0 spiro atoms. The number of aromatic hydroxyl groups is 1. The molecule has 3 N–H and O–H groups in total. The fourth-order valence-electron chi connectivity index (χ4n) is 1.98. The first-order chi connectivity index (χ1) is 8.72. The number of phenolic OH excluding ortho intramolecular Hbond substituents is 1. The molecule has 0 unspecified atom stereocenters. The van der Waals surface area contributed by atoms with E-state index in [2.05, 4.69) is 5.10 Å². The molecular weight excluding hydrogens is 230 g/mol. The van der Waals surface area contributed by atoms with Crippen molar-refractivity contribution in [1.82, 2.24) is 9.78 Å². The fourth-order valence-corrected chi connectivity index (χ4v) is 1.98. The van der Waals surface area contributed by atoms with Crippen LogP contribution in [0.4, 0.5) is 0 Å². The summed E-state index contributed by atoms with van der Waals surface area (Å²) >= 11 is 0. The van der Waals surface area contributed by atoms with E-state index in [1.54, 1.807) is 30.0 Å². The highest BCUT2D eigenvalue weighted by Gasteiger charge is 2.18. The van der Waals surface area contributed by atoms with E-state index in [0.717, 1.165) is 17.7 Å². The van der Waals surface area contributed by atoms with E-state index in [-0.39, 0.29) is 5.75 Å². The van der Waals surface area contributed by atoms with Crippen LogP contribution in [0.5, 0.6) is 11.6 Å². The average molecular weight is 247 g/mol. The lowest BCUT2D eigenvalue weighted by atomic mass is 10.2. The van der Waals surface area contributed by atoms with Crippen LogP contribution in [0.3, 0.4) is 0 Å². The summed E-state index contributed by atoms with van der Waals surface area (Å²) in [5, 5.41) is 14.3. The van der Waals surface area contributed by atoms with E-state index in [9.17, 15) is 5.11 Å². The Labute approximate surface area is 106 Å². The molecule has 18 heavy (non-hydrogen) atoms. The van der Waals surface area contributed by atoms with Gasteiger partial charge in [0.25, 0.3) is 0 Å². The largest absolute Gasteiger partial charge is 0.506 e. The Morgan fingerprint density at radius 2 is 2.11 bits per heavy atom. The van der Waals surface area contributed by atoms with Crippen LogP contribution in [0.2, 0.25) is 0 Å².